The van der Waals surface area contributed by atoms with Crippen LogP contribution in [0.25, 0.3) is 0 Å². The summed E-state index contributed by atoms with van der Waals surface area (Å²) < 4.78 is 5.34. The molecule has 1 amide bonds. The SMILES string of the molecule is O=C(NC1(CO)CCOCC1)C1CNCc2ccccc21. The van der Waals surface area contributed by atoms with Crippen molar-refractivity contribution in [3.8, 4) is 0 Å². The topological polar surface area (TPSA) is 70.6 Å². The van der Waals surface area contributed by atoms with E-state index >= 15 is 0 Å². The summed E-state index contributed by atoms with van der Waals surface area (Å²) >= 11 is 0. The normalized spacial score (nSPS) is 24.1. The minimum atomic E-state index is -0.526. The lowest BCUT2D eigenvalue weighted by molar-refractivity contribution is -0.126. The number of nitrogens with one attached hydrogen (secondary N) is 2. The molecular formula is C16H22N2O3. The van der Waals surface area contributed by atoms with Gasteiger partial charge in [0.2, 0.25) is 5.91 Å². The number of rotatable bonds is 3. The number of aliphatic hydroxyl groups excluding tert-OH is 1. The van der Waals surface area contributed by atoms with Crippen LogP contribution in [-0.4, -0.2) is 42.9 Å². The summed E-state index contributed by atoms with van der Waals surface area (Å²) in [5, 5.41) is 16.1. The van der Waals surface area contributed by atoms with Crippen LogP contribution in [0.1, 0.15) is 29.9 Å². The van der Waals surface area contributed by atoms with Crippen LogP contribution in [-0.2, 0) is 16.1 Å². The first-order valence-corrected chi connectivity index (χ1v) is 7.53. The highest BCUT2D eigenvalue weighted by Crippen LogP contribution is 2.26. The molecule has 0 saturated carbocycles. The van der Waals surface area contributed by atoms with Crippen LogP contribution < -0.4 is 10.6 Å². The summed E-state index contributed by atoms with van der Waals surface area (Å²) in [4.78, 5) is 12.7. The van der Waals surface area contributed by atoms with Crippen LogP contribution in [0.5, 0.6) is 0 Å². The second kappa shape index (κ2) is 6.13. The van der Waals surface area contributed by atoms with Gasteiger partial charge in [0.1, 0.15) is 0 Å². The average Bonchev–Trinajstić information content (AvgIpc) is 2.55. The van der Waals surface area contributed by atoms with E-state index in [4.69, 9.17) is 4.74 Å². The van der Waals surface area contributed by atoms with E-state index in [2.05, 4.69) is 16.7 Å². The Labute approximate surface area is 124 Å². The van der Waals surface area contributed by atoms with Crippen LogP contribution in [0.4, 0.5) is 0 Å². The number of amides is 1. The van der Waals surface area contributed by atoms with Gasteiger partial charge >= 0.3 is 0 Å². The maximum absolute atomic E-state index is 12.7. The molecule has 0 aromatic heterocycles. The van der Waals surface area contributed by atoms with Crippen molar-refractivity contribution in [3.63, 3.8) is 0 Å². The number of fused-ring (bicyclic) bond motifs is 1. The second-order valence-electron chi connectivity index (χ2n) is 5.92. The monoisotopic (exact) mass is 290 g/mol. The van der Waals surface area contributed by atoms with Gasteiger partial charge in [-0.1, -0.05) is 24.3 Å². The number of carbonyl (C=O) groups is 1. The van der Waals surface area contributed by atoms with Crippen molar-refractivity contribution in [2.75, 3.05) is 26.4 Å². The zero-order chi connectivity index (χ0) is 14.7. The third kappa shape index (κ3) is 2.95. The molecule has 0 aliphatic carbocycles. The van der Waals surface area contributed by atoms with Crippen molar-refractivity contribution in [1.29, 1.82) is 0 Å². The average molecular weight is 290 g/mol. The molecular weight excluding hydrogens is 268 g/mol. The molecule has 114 valence electrons. The molecule has 1 fully saturated rings. The molecule has 1 saturated heterocycles. The van der Waals surface area contributed by atoms with Crippen LogP contribution in [0.3, 0.4) is 0 Å². The predicted octanol–water partition coefficient (Wildman–Crippen LogP) is 0.531. The molecule has 2 aliphatic rings. The first-order chi connectivity index (χ1) is 10.2. The highest BCUT2D eigenvalue weighted by Gasteiger charge is 2.36. The van der Waals surface area contributed by atoms with Crippen molar-refractivity contribution < 1.29 is 14.6 Å². The smallest absolute Gasteiger partial charge is 0.229 e. The van der Waals surface area contributed by atoms with E-state index in [1.165, 1.54) is 5.56 Å². The van der Waals surface area contributed by atoms with Crippen molar-refractivity contribution in [1.82, 2.24) is 10.6 Å². The Morgan fingerprint density at radius 2 is 2.14 bits per heavy atom. The molecule has 2 aliphatic heterocycles. The van der Waals surface area contributed by atoms with Crippen LogP contribution >= 0.6 is 0 Å². The molecule has 5 heteroatoms. The second-order valence-corrected chi connectivity index (χ2v) is 5.92. The van der Waals surface area contributed by atoms with E-state index in [1.54, 1.807) is 0 Å². The Balaban J connectivity index is 1.77. The van der Waals surface area contributed by atoms with Gasteiger partial charge in [-0.25, -0.2) is 0 Å². The zero-order valence-electron chi connectivity index (χ0n) is 12.1. The third-order valence-corrected chi connectivity index (χ3v) is 4.55. The summed E-state index contributed by atoms with van der Waals surface area (Å²) in [5.74, 6) is -0.202. The fourth-order valence-corrected chi connectivity index (χ4v) is 3.16. The van der Waals surface area contributed by atoms with Gasteiger partial charge in [0.05, 0.1) is 18.1 Å². The van der Waals surface area contributed by atoms with Gasteiger partial charge < -0.3 is 20.5 Å². The molecule has 1 atom stereocenters. The Morgan fingerprint density at radius 3 is 2.90 bits per heavy atom. The number of hydrogen-bond donors (Lipinski definition) is 3. The lowest BCUT2D eigenvalue weighted by atomic mass is 9.86. The van der Waals surface area contributed by atoms with Gasteiger partial charge in [0.15, 0.2) is 0 Å². The Hall–Kier alpha value is -1.43. The maximum atomic E-state index is 12.7. The zero-order valence-corrected chi connectivity index (χ0v) is 12.1. The van der Waals surface area contributed by atoms with Gasteiger partial charge in [0, 0.05) is 26.3 Å². The molecule has 3 rings (SSSR count). The van der Waals surface area contributed by atoms with E-state index in [9.17, 15) is 9.90 Å². The summed E-state index contributed by atoms with van der Waals surface area (Å²) in [6, 6.07) is 8.04. The quantitative estimate of drug-likeness (QED) is 0.759. The standard InChI is InChI=1S/C16H22N2O3/c19-11-16(5-7-21-8-6-16)18-15(20)14-10-17-9-12-3-1-2-4-13(12)14/h1-4,14,17,19H,5-11H2,(H,18,20). The van der Waals surface area contributed by atoms with Gasteiger partial charge in [-0.05, 0) is 24.0 Å². The van der Waals surface area contributed by atoms with E-state index < -0.39 is 5.54 Å². The van der Waals surface area contributed by atoms with Gasteiger partial charge in [0.25, 0.3) is 0 Å². The van der Waals surface area contributed by atoms with Crippen molar-refractivity contribution in [2.24, 2.45) is 0 Å². The summed E-state index contributed by atoms with van der Waals surface area (Å²) in [5.41, 5.74) is 1.74. The molecule has 5 nitrogen and oxygen atoms in total. The van der Waals surface area contributed by atoms with Crippen molar-refractivity contribution in [3.05, 3.63) is 35.4 Å². The highest BCUT2D eigenvalue weighted by atomic mass is 16.5. The van der Waals surface area contributed by atoms with Crippen LogP contribution in [0.2, 0.25) is 0 Å². The first-order valence-electron chi connectivity index (χ1n) is 7.53. The largest absolute Gasteiger partial charge is 0.394 e. The lowest BCUT2D eigenvalue weighted by Crippen LogP contribution is -2.56. The van der Waals surface area contributed by atoms with Gasteiger partial charge in [-0.3, -0.25) is 4.79 Å². The van der Waals surface area contributed by atoms with Crippen LogP contribution in [0, 0.1) is 0 Å². The minimum absolute atomic E-state index is 0.00870. The summed E-state index contributed by atoms with van der Waals surface area (Å²) in [7, 11) is 0. The number of aliphatic hydroxyl groups is 1. The highest BCUT2D eigenvalue weighted by molar-refractivity contribution is 5.85. The van der Waals surface area contributed by atoms with Crippen molar-refractivity contribution >= 4 is 5.91 Å². The Kier molecular flexibility index (Phi) is 4.24. The third-order valence-electron chi connectivity index (χ3n) is 4.55. The summed E-state index contributed by atoms with van der Waals surface area (Å²) in [6.45, 7) is 2.57. The van der Waals surface area contributed by atoms with Gasteiger partial charge in [-0.15, -0.1) is 0 Å². The Bertz CT molecular complexity index is 512. The van der Waals surface area contributed by atoms with E-state index in [0.29, 0.717) is 32.6 Å². The van der Waals surface area contributed by atoms with E-state index in [1.807, 2.05) is 18.2 Å². The molecule has 1 aromatic rings. The molecule has 0 radical (unpaired) electrons. The molecule has 2 heterocycles. The van der Waals surface area contributed by atoms with E-state index in [-0.39, 0.29) is 18.4 Å². The van der Waals surface area contributed by atoms with Crippen molar-refractivity contribution in [2.45, 2.75) is 30.8 Å². The molecule has 1 aromatic carbocycles. The lowest BCUT2D eigenvalue weighted by Gasteiger charge is -2.38. The predicted molar refractivity (Wildman–Crippen MR) is 78.9 cm³/mol. The molecule has 1 unspecified atom stereocenters. The number of ether oxygens (including phenoxy) is 1. The first kappa shape index (κ1) is 14.5. The fraction of sp³-hybridized carbons (Fsp3) is 0.562. The number of benzene rings is 1. The van der Waals surface area contributed by atoms with Gasteiger partial charge in [-0.2, -0.15) is 0 Å². The summed E-state index contributed by atoms with van der Waals surface area (Å²) in [6.07, 6.45) is 1.33. The van der Waals surface area contributed by atoms with E-state index in [0.717, 1.165) is 12.1 Å². The minimum Gasteiger partial charge on any atom is -0.394 e. The molecule has 21 heavy (non-hydrogen) atoms. The van der Waals surface area contributed by atoms with Crippen LogP contribution in [0.15, 0.2) is 24.3 Å². The number of carbonyl (C=O) groups excluding carboxylic acids is 1. The fourth-order valence-electron chi connectivity index (χ4n) is 3.16. The molecule has 3 N–H and O–H groups in total. The molecule has 0 bridgehead atoms. The maximum Gasteiger partial charge on any atom is 0.229 e. The number of hydrogen-bond acceptors (Lipinski definition) is 4. The Morgan fingerprint density at radius 1 is 1.38 bits per heavy atom. The molecule has 0 spiro atoms.